The van der Waals surface area contributed by atoms with Crippen molar-refractivity contribution in [3.05, 3.63) is 24.3 Å². The second-order valence-corrected chi connectivity index (χ2v) is 3.93. The Bertz CT molecular complexity index is 419. The first-order valence-electron chi connectivity index (χ1n) is 5.42. The standard InChI is InChI=1S/C12H15NO4/c1-8(2)16-11(14)13-9-6-4-5-7-10(9)17-12(13)15-3/h4-8,12H,1-3H3/t12-/m1/s1. The fourth-order valence-corrected chi connectivity index (χ4v) is 1.63. The molecule has 17 heavy (non-hydrogen) atoms. The summed E-state index contributed by atoms with van der Waals surface area (Å²) in [7, 11) is 1.48. The van der Waals surface area contributed by atoms with Gasteiger partial charge < -0.3 is 14.2 Å². The van der Waals surface area contributed by atoms with E-state index in [0.717, 1.165) is 0 Å². The first kappa shape index (κ1) is 11.7. The summed E-state index contributed by atoms with van der Waals surface area (Å²) >= 11 is 0. The molecule has 0 unspecified atom stereocenters. The monoisotopic (exact) mass is 237 g/mol. The zero-order chi connectivity index (χ0) is 12.4. The van der Waals surface area contributed by atoms with Crippen molar-refractivity contribution in [3.63, 3.8) is 0 Å². The van der Waals surface area contributed by atoms with Gasteiger partial charge in [0.25, 0.3) is 6.41 Å². The first-order valence-corrected chi connectivity index (χ1v) is 5.42. The molecule has 0 N–H and O–H groups in total. The van der Waals surface area contributed by atoms with Crippen LogP contribution in [0, 0.1) is 0 Å². The van der Waals surface area contributed by atoms with Gasteiger partial charge in [0.1, 0.15) is 5.75 Å². The van der Waals surface area contributed by atoms with Crippen molar-refractivity contribution in [1.82, 2.24) is 0 Å². The van der Waals surface area contributed by atoms with E-state index in [1.54, 1.807) is 26.0 Å². The van der Waals surface area contributed by atoms with Crippen LogP contribution in [0.2, 0.25) is 0 Å². The molecule has 0 spiro atoms. The largest absolute Gasteiger partial charge is 0.446 e. The number of fused-ring (bicyclic) bond motifs is 1. The summed E-state index contributed by atoms with van der Waals surface area (Å²) in [4.78, 5) is 13.3. The van der Waals surface area contributed by atoms with Crippen LogP contribution in [0.25, 0.3) is 0 Å². The molecule has 5 nitrogen and oxygen atoms in total. The molecule has 1 aliphatic heterocycles. The van der Waals surface area contributed by atoms with Crippen molar-refractivity contribution in [1.29, 1.82) is 0 Å². The Morgan fingerprint density at radius 2 is 2.12 bits per heavy atom. The van der Waals surface area contributed by atoms with E-state index in [0.29, 0.717) is 11.4 Å². The van der Waals surface area contributed by atoms with Crippen molar-refractivity contribution in [3.8, 4) is 5.75 Å². The van der Waals surface area contributed by atoms with Gasteiger partial charge >= 0.3 is 6.09 Å². The number of rotatable bonds is 2. The summed E-state index contributed by atoms with van der Waals surface area (Å²) in [6.45, 7) is 3.59. The number of benzene rings is 1. The summed E-state index contributed by atoms with van der Waals surface area (Å²) in [5.74, 6) is 0.611. The lowest BCUT2D eigenvalue weighted by atomic mass is 10.3. The normalized spacial score (nSPS) is 17.9. The summed E-state index contributed by atoms with van der Waals surface area (Å²) in [6, 6.07) is 7.23. The van der Waals surface area contributed by atoms with E-state index in [1.165, 1.54) is 12.0 Å². The number of amides is 1. The molecule has 1 aromatic rings. The van der Waals surface area contributed by atoms with Gasteiger partial charge in [0.05, 0.1) is 11.8 Å². The van der Waals surface area contributed by atoms with Crippen molar-refractivity contribution in [2.45, 2.75) is 26.4 Å². The summed E-state index contributed by atoms with van der Waals surface area (Å²) in [5, 5.41) is 0. The Morgan fingerprint density at radius 3 is 2.76 bits per heavy atom. The Kier molecular flexibility index (Phi) is 3.19. The van der Waals surface area contributed by atoms with E-state index >= 15 is 0 Å². The molecule has 0 radical (unpaired) electrons. The Labute approximate surface area is 99.9 Å². The predicted molar refractivity (Wildman–Crippen MR) is 62.0 cm³/mol. The maximum atomic E-state index is 11.9. The third-order valence-electron chi connectivity index (χ3n) is 2.30. The highest BCUT2D eigenvalue weighted by molar-refractivity contribution is 5.91. The molecule has 1 atom stereocenters. The molecule has 0 saturated carbocycles. The van der Waals surface area contributed by atoms with Crippen LogP contribution < -0.4 is 9.64 Å². The minimum Gasteiger partial charge on any atom is -0.446 e. The van der Waals surface area contributed by atoms with E-state index in [2.05, 4.69) is 0 Å². The zero-order valence-corrected chi connectivity index (χ0v) is 10.0. The molecule has 2 rings (SSSR count). The highest BCUT2D eigenvalue weighted by Gasteiger charge is 2.37. The number of para-hydroxylation sites is 2. The average Bonchev–Trinajstić information content (AvgIpc) is 2.66. The van der Waals surface area contributed by atoms with Gasteiger partial charge in [-0.1, -0.05) is 12.1 Å². The number of carbonyl (C=O) groups is 1. The van der Waals surface area contributed by atoms with Crippen molar-refractivity contribution in [2.75, 3.05) is 12.0 Å². The molecule has 0 aromatic heterocycles. The van der Waals surface area contributed by atoms with Gasteiger partial charge in [0, 0.05) is 7.11 Å². The predicted octanol–water partition coefficient (Wildman–Crippen LogP) is 2.36. The van der Waals surface area contributed by atoms with Gasteiger partial charge in [-0.05, 0) is 26.0 Å². The smallest absolute Gasteiger partial charge is 0.419 e. The number of ether oxygens (including phenoxy) is 3. The molecule has 1 amide bonds. The Balaban J connectivity index is 2.27. The minimum atomic E-state index is -0.765. The van der Waals surface area contributed by atoms with Gasteiger partial charge in [-0.25, -0.2) is 9.69 Å². The highest BCUT2D eigenvalue weighted by Crippen LogP contribution is 2.37. The Morgan fingerprint density at radius 1 is 1.41 bits per heavy atom. The SMILES string of the molecule is CO[C@@H]1Oc2ccccc2N1C(=O)OC(C)C. The molecule has 1 aromatic carbocycles. The molecule has 0 bridgehead atoms. The van der Waals surface area contributed by atoms with Gasteiger partial charge in [-0.15, -0.1) is 0 Å². The maximum Gasteiger partial charge on any atom is 0.419 e. The maximum absolute atomic E-state index is 11.9. The van der Waals surface area contributed by atoms with Gasteiger partial charge in [0.2, 0.25) is 0 Å². The highest BCUT2D eigenvalue weighted by atomic mass is 16.7. The second-order valence-electron chi connectivity index (χ2n) is 3.93. The fraction of sp³-hybridized carbons (Fsp3) is 0.417. The van der Waals surface area contributed by atoms with Crippen molar-refractivity contribution in [2.24, 2.45) is 0 Å². The third kappa shape index (κ3) is 2.19. The zero-order valence-electron chi connectivity index (χ0n) is 10.0. The summed E-state index contributed by atoms with van der Waals surface area (Å²) < 4.78 is 15.7. The number of hydrogen-bond acceptors (Lipinski definition) is 4. The van der Waals surface area contributed by atoms with Crippen LogP contribution in [0.5, 0.6) is 5.75 Å². The fourth-order valence-electron chi connectivity index (χ4n) is 1.63. The lowest BCUT2D eigenvalue weighted by Gasteiger charge is -2.22. The number of hydrogen-bond donors (Lipinski definition) is 0. The molecule has 0 aliphatic carbocycles. The number of carbonyl (C=O) groups excluding carboxylic acids is 1. The first-order chi connectivity index (χ1) is 8.13. The van der Waals surface area contributed by atoms with Crippen LogP contribution in [0.4, 0.5) is 10.5 Å². The minimum absolute atomic E-state index is 0.187. The molecule has 92 valence electrons. The Hall–Kier alpha value is -1.75. The average molecular weight is 237 g/mol. The summed E-state index contributed by atoms with van der Waals surface area (Å²) in [6.07, 6.45) is -1.43. The van der Waals surface area contributed by atoms with E-state index in [4.69, 9.17) is 14.2 Å². The molecule has 5 heteroatoms. The third-order valence-corrected chi connectivity index (χ3v) is 2.30. The number of anilines is 1. The summed E-state index contributed by atoms with van der Waals surface area (Å²) in [5.41, 5.74) is 0.657. The van der Waals surface area contributed by atoms with Crippen LogP contribution in [-0.4, -0.2) is 25.7 Å². The molecular weight excluding hydrogens is 222 g/mol. The molecular formula is C12H15NO4. The van der Waals surface area contributed by atoms with E-state index in [9.17, 15) is 4.79 Å². The van der Waals surface area contributed by atoms with Crippen LogP contribution in [0.3, 0.4) is 0 Å². The van der Waals surface area contributed by atoms with Gasteiger partial charge in [0.15, 0.2) is 0 Å². The van der Waals surface area contributed by atoms with E-state index in [1.807, 2.05) is 12.1 Å². The van der Waals surface area contributed by atoms with Crippen LogP contribution >= 0.6 is 0 Å². The van der Waals surface area contributed by atoms with Crippen molar-refractivity contribution >= 4 is 11.8 Å². The second kappa shape index (κ2) is 4.63. The molecule has 0 saturated heterocycles. The molecule has 1 heterocycles. The lowest BCUT2D eigenvalue weighted by Crippen LogP contribution is -2.42. The number of nitrogens with zero attached hydrogens (tertiary/aromatic N) is 1. The van der Waals surface area contributed by atoms with Crippen LogP contribution in [0.1, 0.15) is 13.8 Å². The van der Waals surface area contributed by atoms with E-state index < -0.39 is 12.5 Å². The lowest BCUT2D eigenvalue weighted by molar-refractivity contribution is -0.0406. The van der Waals surface area contributed by atoms with Gasteiger partial charge in [-0.3, -0.25) is 0 Å². The van der Waals surface area contributed by atoms with Crippen molar-refractivity contribution < 1.29 is 19.0 Å². The quantitative estimate of drug-likeness (QED) is 0.792. The molecule has 0 fully saturated rings. The van der Waals surface area contributed by atoms with Gasteiger partial charge in [-0.2, -0.15) is 0 Å². The number of methoxy groups -OCH3 is 1. The molecule has 1 aliphatic rings. The van der Waals surface area contributed by atoms with Crippen LogP contribution in [-0.2, 0) is 9.47 Å². The van der Waals surface area contributed by atoms with E-state index in [-0.39, 0.29) is 6.10 Å². The topological polar surface area (TPSA) is 48.0 Å². The van der Waals surface area contributed by atoms with Crippen LogP contribution in [0.15, 0.2) is 24.3 Å².